The average molecular weight is 349 g/mol. The maximum atomic E-state index is 11.5. The van der Waals surface area contributed by atoms with Crippen molar-refractivity contribution in [2.45, 2.75) is 30.3 Å². The molecule has 0 spiro atoms. The van der Waals surface area contributed by atoms with E-state index in [0.29, 0.717) is 11.1 Å². The fourth-order valence-corrected chi connectivity index (χ4v) is 2.68. The van der Waals surface area contributed by atoms with Crippen LogP contribution in [0.2, 0.25) is 0 Å². The van der Waals surface area contributed by atoms with Crippen LogP contribution in [0.4, 0.5) is 0 Å². The van der Waals surface area contributed by atoms with Gasteiger partial charge in [-0.1, -0.05) is 28.9 Å². The van der Waals surface area contributed by atoms with Crippen molar-refractivity contribution >= 4 is 33.0 Å². The summed E-state index contributed by atoms with van der Waals surface area (Å²) in [6.07, 6.45) is 0.815. The summed E-state index contributed by atoms with van der Waals surface area (Å²) < 4.78 is 24.5. The van der Waals surface area contributed by atoms with E-state index in [0.717, 1.165) is 12.0 Å². The van der Waals surface area contributed by atoms with Gasteiger partial charge in [-0.15, -0.1) is 0 Å². The Morgan fingerprint density at radius 2 is 2.16 bits per heavy atom. The molecule has 2 unspecified atom stereocenters. The molecule has 0 bridgehead atoms. The summed E-state index contributed by atoms with van der Waals surface area (Å²) >= 11 is 1.65. The Labute approximate surface area is 124 Å². The molecule has 0 aliphatic heterocycles. The highest BCUT2D eigenvalue weighted by Crippen LogP contribution is 2.37. The molecule has 0 saturated heterocycles. The van der Waals surface area contributed by atoms with Gasteiger partial charge in [-0.05, 0) is 36.6 Å². The normalized spacial score (nSPS) is 15.6. The largest absolute Gasteiger partial charge is 0.465 e. The van der Waals surface area contributed by atoms with Gasteiger partial charge in [0.2, 0.25) is 0 Å². The van der Waals surface area contributed by atoms with Gasteiger partial charge >= 0.3 is 5.97 Å². The second kappa shape index (κ2) is 6.63. The average Bonchev–Trinajstić information content (AvgIpc) is 2.36. The Hall–Kier alpha value is -0.720. The first-order valence-corrected chi connectivity index (χ1v) is 7.86. The van der Waals surface area contributed by atoms with Gasteiger partial charge in [0.25, 0.3) is 0 Å². The third kappa shape index (κ3) is 4.12. The number of esters is 1. The van der Waals surface area contributed by atoms with E-state index in [2.05, 4.69) is 20.7 Å². The second-order valence-electron chi connectivity index (χ2n) is 4.38. The number of halogens is 1. The van der Waals surface area contributed by atoms with Crippen LogP contribution in [-0.2, 0) is 25.9 Å². The predicted octanol–water partition coefficient (Wildman–Crippen LogP) is 3.22. The summed E-state index contributed by atoms with van der Waals surface area (Å²) in [5.74, 6) is -0.467. The first kappa shape index (κ1) is 16.3. The third-order valence-electron chi connectivity index (χ3n) is 3.03. The number of hydrogen-bond acceptors (Lipinski definition) is 3. The smallest absolute Gasteiger partial charge is 0.337 e. The third-order valence-corrected chi connectivity index (χ3v) is 4.58. The number of methoxy groups -OCH3 is 1. The lowest BCUT2D eigenvalue weighted by Gasteiger charge is -2.24. The van der Waals surface area contributed by atoms with Gasteiger partial charge in [0.15, 0.2) is 11.1 Å². The monoisotopic (exact) mass is 348 g/mol. The maximum absolute atomic E-state index is 11.5. The molecule has 1 N–H and O–H groups in total. The molecule has 0 radical (unpaired) electrons. The number of hydrogen-bond donors (Lipinski definition) is 1. The van der Waals surface area contributed by atoms with Crippen molar-refractivity contribution in [3.05, 3.63) is 34.9 Å². The molecule has 19 heavy (non-hydrogen) atoms. The molecule has 1 rings (SSSR count). The number of rotatable bonds is 5. The van der Waals surface area contributed by atoms with Crippen LogP contribution in [0, 0.1) is 0 Å². The van der Waals surface area contributed by atoms with Crippen LogP contribution in [-0.4, -0.2) is 21.8 Å². The fourth-order valence-electron chi connectivity index (χ4n) is 1.79. The molecule has 1 aromatic rings. The van der Waals surface area contributed by atoms with E-state index in [1.54, 1.807) is 18.2 Å². The minimum atomic E-state index is -1.96. The molecular formula is C13H17BrO4S. The standard InChI is InChI=1S/C13H17BrO4S/c1-4-13(2,14)11-6-5-9(12(15)18-3)7-10(11)8-19(16)17/h5-7H,4,8H2,1-3H3,(H,16,17). The molecule has 0 aliphatic rings. The maximum Gasteiger partial charge on any atom is 0.337 e. The Morgan fingerprint density at radius 3 is 2.63 bits per heavy atom. The van der Waals surface area contributed by atoms with Crippen molar-refractivity contribution in [1.82, 2.24) is 0 Å². The topological polar surface area (TPSA) is 63.6 Å². The van der Waals surface area contributed by atoms with Crippen LogP contribution in [0.5, 0.6) is 0 Å². The molecular weight excluding hydrogens is 332 g/mol. The van der Waals surface area contributed by atoms with E-state index in [-0.39, 0.29) is 10.1 Å². The molecule has 0 heterocycles. The van der Waals surface area contributed by atoms with Gasteiger partial charge < -0.3 is 9.29 Å². The number of alkyl halides is 1. The van der Waals surface area contributed by atoms with E-state index in [4.69, 9.17) is 4.55 Å². The molecule has 106 valence electrons. The molecule has 0 aromatic heterocycles. The number of ether oxygens (including phenoxy) is 1. The van der Waals surface area contributed by atoms with Crippen molar-refractivity contribution in [2.75, 3.05) is 7.11 Å². The van der Waals surface area contributed by atoms with E-state index < -0.39 is 17.0 Å². The zero-order chi connectivity index (χ0) is 14.6. The number of carbonyl (C=O) groups is 1. The number of carbonyl (C=O) groups excluding carboxylic acids is 1. The second-order valence-corrected chi connectivity index (χ2v) is 7.06. The first-order chi connectivity index (χ1) is 8.81. The lowest BCUT2D eigenvalue weighted by Crippen LogP contribution is -2.16. The van der Waals surface area contributed by atoms with Crippen molar-refractivity contribution < 1.29 is 18.3 Å². The van der Waals surface area contributed by atoms with Crippen LogP contribution in [0.15, 0.2) is 18.2 Å². The van der Waals surface area contributed by atoms with Crippen molar-refractivity contribution in [2.24, 2.45) is 0 Å². The van der Waals surface area contributed by atoms with Gasteiger partial charge in [0.1, 0.15) is 0 Å². The summed E-state index contributed by atoms with van der Waals surface area (Å²) in [7, 11) is 1.31. The minimum Gasteiger partial charge on any atom is -0.465 e. The van der Waals surface area contributed by atoms with Crippen LogP contribution in [0.25, 0.3) is 0 Å². The summed E-state index contributed by atoms with van der Waals surface area (Å²) in [5, 5.41) is 0. The van der Waals surface area contributed by atoms with E-state index in [9.17, 15) is 9.00 Å². The quantitative estimate of drug-likeness (QED) is 0.504. The van der Waals surface area contributed by atoms with Crippen molar-refractivity contribution in [3.63, 3.8) is 0 Å². The molecule has 0 fully saturated rings. The lowest BCUT2D eigenvalue weighted by atomic mass is 9.92. The predicted molar refractivity (Wildman–Crippen MR) is 78.8 cm³/mol. The van der Waals surface area contributed by atoms with E-state index in [1.165, 1.54) is 7.11 Å². The highest BCUT2D eigenvalue weighted by molar-refractivity contribution is 9.09. The summed E-state index contributed by atoms with van der Waals surface area (Å²) in [4.78, 5) is 11.5. The Morgan fingerprint density at radius 1 is 1.53 bits per heavy atom. The van der Waals surface area contributed by atoms with Gasteiger partial charge in [0.05, 0.1) is 18.4 Å². The molecule has 1 aromatic carbocycles. The fraction of sp³-hybridized carbons (Fsp3) is 0.462. The summed E-state index contributed by atoms with van der Waals surface area (Å²) in [5.41, 5.74) is 1.96. The summed E-state index contributed by atoms with van der Waals surface area (Å²) in [6, 6.07) is 5.08. The van der Waals surface area contributed by atoms with Crippen molar-refractivity contribution in [3.8, 4) is 0 Å². The molecule has 4 nitrogen and oxygen atoms in total. The van der Waals surface area contributed by atoms with Crippen LogP contribution in [0.3, 0.4) is 0 Å². The van der Waals surface area contributed by atoms with Gasteiger partial charge in [0, 0.05) is 4.32 Å². The van der Waals surface area contributed by atoms with Gasteiger partial charge in [-0.3, -0.25) is 0 Å². The van der Waals surface area contributed by atoms with Gasteiger partial charge in [-0.25, -0.2) is 9.00 Å². The zero-order valence-corrected chi connectivity index (χ0v) is 13.5. The molecule has 2 atom stereocenters. The highest BCUT2D eigenvalue weighted by Gasteiger charge is 2.25. The molecule has 6 heteroatoms. The summed E-state index contributed by atoms with van der Waals surface area (Å²) in [6.45, 7) is 4.01. The Balaban J connectivity index is 3.32. The lowest BCUT2D eigenvalue weighted by molar-refractivity contribution is 0.0600. The van der Waals surface area contributed by atoms with E-state index >= 15 is 0 Å². The zero-order valence-electron chi connectivity index (χ0n) is 11.1. The number of benzene rings is 1. The molecule has 0 saturated carbocycles. The van der Waals surface area contributed by atoms with Gasteiger partial charge in [-0.2, -0.15) is 0 Å². The Kier molecular flexibility index (Phi) is 5.70. The SMILES string of the molecule is CCC(C)(Br)c1ccc(C(=O)OC)cc1CS(=O)O. The van der Waals surface area contributed by atoms with E-state index in [1.807, 2.05) is 13.8 Å². The highest BCUT2D eigenvalue weighted by atomic mass is 79.9. The van der Waals surface area contributed by atoms with Crippen LogP contribution >= 0.6 is 15.9 Å². The van der Waals surface area contributed by atoms with Crippen molar-refractivity contribution in [1.29, 1.82) is 0 Å². The minimum absolute atomic E-state index is 0.0125. The molecule has 0 aliphatic carbocycles. The first-order valence-electron chi connectivity index (χ1n) is 5.80. The van der Waals surface area contributed by atoms with Crippen LogP contribution in [0.1, 0.15) is 41.8 Å². The Bertz CT molecular complexity index is 499. The van der Waals surface area contributed by atoms with Crippen LogP contribution < -0.4 is 0 Å². The molecule has 0 amide bonds.